The smallest absolute Gasteiger partial charge is 0.228 e. The van der Waals surface area contributed by atoms with E-state index in [0.29, 0.717) is 10.6 Å². The van der Waals surface area contributed by atoms with Crippen LogP contribution in [-0.4, -0.2) is 40.0 Å². The maximum atomic E-state index is 12.8. The first-order chi connectivity index (χ1) is 11.7. The lowest BCUT2D eigenvalue weighted by atomic mass is 10.1. The Labute approximate surface area is 157 Å². The number of hydrogen-bond acceptors (Lipinski definition) is 5. The van der Waals surface area contributed by atoms with Crippen molar-refractivity contribution < 1.29 is 16.8 Å². The Morgan fingerprint density at radius 2 is 1.88 bits per heavy atom. The summed E-state index contributed by atoms with van der Waals surface area (Å²) < 4.78 is 52.5. The maximum Gasteiger partial charge on any atom is 0.252 e. The van der Waals surface area contributed by atoms with Crippen LogP contribution in [0.1, 0.15) is 22.1 Å². The lowest BCUT2D eigenvalue weighted by Gasteiger charge is -2.19. The minimum absolute atomic E-state index is 0.0391. The molecule has 0 bridgehead atoms. The summed E-state index contributed by atoms with van der Waals surface area (Å²) >= 11 is 7.36. The van der Waals surface area contributed by atoms with E-state index in [4.69, 9.17) is 11.6 Å². The fraction of sp³-hybridized carbons (Fsp3) is 0.375. The Bertz CT molecular complexity index is 982. The van der Waals surface area contributed by atoms with Crippen LogP contribution in [0.3, 0.4) is 0 Å². The first kappa shape index (κ1) is 18.8. The number of rotatable bonds is 3. The fourth-order valence-corrected chi connectivity index (χ4v) is 8.08. The number of sulfonamides is 1. The summed E-state index contributed by atoms with van der Waals surface area (Å²) in [7, 11) is -7.17. The summed E-state index contributed by atoms with van der Waals surface area (Å²) in [6, 6.07) is 10.1. The first-order valence-electron chi connectivity index (χ1n) is 7.74. The molecule has 9 heteroatoms. The van der Waals surface area contributed by atoms with Gasteiger partial charge in [0, 0.05) is 23.0 Å². The summed E-state index contributed by atoms with van der Waals surface area (Å²) in [4.78, 5) is 0.898. The molecule has 1 aromatic carbocycles. The molecule has 1 aliphatic rings. The third-order valence-corrected chi connectivity index (χ3v) is 10.1. The van der Waals surface area contributed by atoms with Gasteiger partial charge < -0.3 is 0 Å². The molecule has 1 aromatic heterocycles. The molecule has 1 fully saturated rings. The minimum atomic E-state index is -3.68. The zero-order chi connectivity index (χ0) is 18.2. The molecule has 1 saturated heterocycles. The van der Waals surface area contributed by atoms with Crippen molar-refractivity contribution in [3.63, 3.8) is 0 Å². The largest absolute Gasteiger partial charge is 0.252 e. The molecule has 0 amide bonds. The summed E-state index contributed by atoms with van der Waals surface area (Å²) in [5.41, 5.74) is 0.537. The summed E-state index contributed by atoms with van der Waals surface area (Å²) in [5.74, 6) is -0.216. The Balaban J connectivity index is 1.92. The molecule has 0 spiro atoms. The molecule has 0 N–H and O–H groups in total. The van der Waals surface area contributed by atoms with Crippen LogP contribution >= 0.6 is 22.9 Å². The normalized spacial score (nSPS) is 21.8. The maximum absolute atomic E-state index is 12.8. The van der Waals surface area contributed by atoms with Gasteiger partial charge in [-0.2, -0.15) is 4.31 Å². The van der Waals surface area contributed by atoms with E-state index < -0.39 is 25.1 Å². The van der Waals surface area contributed by atoms with Crippen LogP contribution in [0.15, 0.2) is 40.6 Å². The number of thiophene rings is 1. The predicted octanol–water partition coefficient (Wildman–Crippen LogP) is 3.26. The van der Waals surface area contributed by atoms with Gasteiger partial charge in [-0.05, 0) is 37.1 Å². The zero-order valence-corrected chi connectivity index (χ0v) is 16.8. The standard InChI is InChI=1S/C16H18ClNO4S3/c1-12-6-7-16(23-12)25(21,22)18-9-8-15(24(19,20)11-10-18)13-4-2-3-5-14(13)17/h2-7,15H,8-11H2,1H3. The van der Waals surface area contributed by atoms with Crippen LogP contribution in [0.4, 0.5) is 0 Å². The van der Waals surface area contributed by atoms with Crippen LogP contribution in [0.25, 0.3) is 0 Å². The molecule has 3 rings (SSSR count). The fourth-order valence-electron chi connectivity index (χ4n) is 2.93. The van der Waals surface area contributed by atoms with Gasteiger partial charge in [-0.15, -0.1) is 11.3 Å². The predicted molar refractivity (Wildman–Crippen MR) is 100 cm³/mol. The van der Waals surface area contributed by atoms with Crippen molar-refractivity contribution in [3.05, 3.63) is 51.9 Å². The Kier molecular flexibility index (Phi) is 5.28. The van der Waals surface area contributed by atoms with E-state index in [1.54, 1.807) is 36.4 Å². The second kappa shape index (κ2) is 7.00. The van der Waals surface area contributed by atoms with E-state index in [1.807, 2.05) is 6.92 Å². The molecule has 25 heavy (non-hydrogen) atoms. The number of aryl methyl sites for hydroxylation is 1. The number of sulfone groups is 1. The van der Waals surface area contributed by atoms with Crippen molar-refractivity contribution in [2.45, 2.75) is 22.8 Å². The van der Waals surface area contributed by atoms with Gasteiger partial charge in [-0.3, -0.25) is 0 Å². The van der Waals surface area contributed by atoms with Crippen molar-refractivity contribution in [2.24, 2.45) is 0 Å². The van der Waals surface area contributed by atoms with Gasteiger partial charge in [0.15, 0.2) is 9.84 Å². The topological polar surface area (TPSA) is 71.5 Å². The molecule has 0 radical (unpaired) electrons. The van der Waals surface area contributed by atoms with Crippen molar-refractivity contribution in [1.82, 2.24) is 4.31 Å². The SMILES string of the molecule is Cc1ccc(S(=O)(=O)N2CCC(c3ccccc3Cl)S(=O)(=O)CC2)s1. The van der Waals surface area contributed by atoms with Gasteiger partial charge in [0.25, 0.3) is 10.0 Å². The molecule has 1 aliphatic heterocycles. The molecule has 0 aliphatic carbocycles. The summed E-state index contributed by atoms with van der Waals surface area (Å²) in [6.45, 7) is 1.95. The van der Waals surface area contributed by atoms with E-state index >= 15 is 0 Å². The number of halogens is 1. The van der Waals surface area contributed by atoms with Gasteiger partial charge in [0.05, 0.1) is 11.0 Å². The van der Waals surface area contributed by atoms with Crippen molar-refractivity contribution in [1.29, 1.82) is 0 Å². The molecule has 1 unspecified atom stereocenters. The molecule has 5 nitrogen and oxygen atoms in total. The van der Waals surface area contributed by atoms with Crippen LogP contribution in [0.5, 0.6) is 0 Å². The van der Waals surface area contributed by atoms with Gasteiger partial charge in [0.1, 0.15) is 4.21 Å². The zero-order valence-electron chi connectivity index (χ0n) is 13.6. The third-order valence-electron chi connectivity index (χ3n) is 4.26. The highest BCUT2D eigenvalue weighted by atomic mass is 35.5. The Morgan fingerprint density at radius 1 is 1.16 bits per heavy atom. The molecule has 2 heterocycles. The van der Waals surface area contributed by atoms with Crippen molar-refractivity contribution in [3.8, 4) is 0 Å². The second-order valence-electron chi connectivity index (χ2n) is 5.93. The van der Waals surface area contributed by atoms with E-state index in [2.05, 4.69) is 0 Å². The van der Waals surface area contributed by atoms with Gasteiger partial charge in [-0.25, -0.2) is 16.8 Å². The van der Waals surface area contributed by atoms with Crippen LogP contribution in [0, 0.1) is 6.92 Å². The molecular weight excluding hydrogens is 402 g/mol. The molecule has 0 saturated carbocycles. The highest BCUT2D eigenvalue weighted by molar-refractivity contribution is 7.92. The summed E-state index contributed by atoms with van der Waals surface area (Å²) in [5, 5.41) is -0.396. The Morgan fingerprint density at radius 3 is 2.52 bits per heavy atom. The second-order valence-corrected chi connectivity index (χ2v) is 12.1. The monoisotopic (exact) mass is 419 g/mol. The molecular formula is C16H18ClNO4S3. The molecule has 2 aromatic rings. The van der Waals surface area contributed by atoms with Gasteiger partial charge in [-0.1, -0.05) is 29.8 Å². The number of benzene rings is 1. The van der Waals surface area contributed by atoms with Crippen LogP contribution in [-0.2, 0) is 19.9 Å². The molecule has 1 atom stereocenters. The lowest BCUT2D eigenvalue weighted by Crippen LogP contribution is -2.33. The highest BCUT2D eigenvalue weighted by Gasteiger charge is 2.36. The average molecular weight is 420 g/mol. The van der Waals surface area contributed by atoms with E-state index in [1.165, 1.54) is 15.6 Å². The minimum Gasteiger partial charge on any atom is -0.228 e. The van der Waals surface area contributed by atoms with Crippen LogP contribution in [0.2, 0.25) is 5.02 Å². The van der Waals surface area contributed by atoms with Crippen molar-refractivity contribution >= 4 is 42.8 Å². The summed E-state index contributed by atoms with van der Waals surface area (Å²) in [6.07, 6.45) is 0.190. The van der Waals surface area contributed by atoms with Crippen molar-refractivity contribution in [2.75, 3.05) is 18.8 Å². The number of hydrogen-bond donors (Lipinski definition) is 0. The van der Waals surface area contributed by atoms with E-state index in [-0.39, 0.29) is 29.5 Å². The number of nitrogens with zero attached hydrogens (tertiary/aromatic N) is 1. The quantitative estimate of drug-likeness (QED) is 0.765. The van der Waals surface area contributed by atoms with E-state index in [0.717, 1.165) is 4.88 Å². The van der Waals surface area contributed by atoms with E-state index in [9.17, 15) is 16.8 Å². The van der Waals surface area contributed by atoms with Gasteiger partial charge in [0.2, 0.25) is 0 Å². The van der Waals surface area contributed by atoms with Crippen LogP contribution < -0.4 is 0 Å². The molecule has 136 valence electrons. The third kappa shape index (κ3) is 3.78. The first-order valence-corrected chi connectivity index (χ1v) is 12.1. The average Bonchev–Trinajstić information content (AvgIpc) is 2.91. The lowest BCUT2D eigenvalue weighted by molar-refractivity contribution is 0.429. The Hall–Kier alpha value is -0.930. The highest BCUT2D eigenvalue weighted by Crippen LogP contribution is 2.35. The van der Waals surface area contributed by atoms with Gasteiger partial charge >= 0.3 is 0 Å².